The Labute approximate surface area is 336 Å². The minimum atomic E-state index is 0.207. The van der Waals surface area contributed by atoms with Crippen molar-refractivity contribution in [2.45, 2.75) is 0 Å². The average molecular weight is 786 g/mol. The third kappa shape index (κ3) is 5.07. The van der Waals surface area contributed by atoms with Crippen molar-refractivity contribution in [3.63, 3.8) is 0 Å². The fourth-order valence-electron chi connectivity index (χ4n) is 9.54. The Morgan fingerprint density at radius 2 is 0.614 bits per heavy atom. The maximum atomic E-state index is 2.49. The quantitative estimate of drug-likeness (QED) is 0.123. The van der Waals surface area contributed by atoms with Gasteiger partial charge in [-0.05, 0) is 0 Å². The van der Waals surface area contributed by atoms with Gasteiger partial charge in [0.05, 0.1) is 0 Å². The van der Waals surface area contributed by atoms with E-state index in [2.05, 4.69) is 206 Å². The van der Waals surface area contributed by atoms with E-state index in [1.165, 1.54) is 118 Å². The van der Waals surface area contributed by atoms with Crippen LogP contribution in [0.4, 0.5) is 0 Å². The van der Waals surface area contributed by atoms with Crippen LogP contribution in [0.3, 0.4) is 0 Å². The van der Waals surface area contributed by atoms with Crippen LogP contribution in [0.25, 0.3) is 118 Å². The second-order valence-electron chi connectivity index (χ2n) is 15.1. The van der Waals surface area contributed by atoms with Gasteiger partial charge in [0.1, 0.15) is 0 Å². The summed E-state index contributed by atoms with van der Waals surface area (Å²) in [7, 11) is 0. The van der Waals surface area contributed by atoms with Crippen molar-refractivity contribution in [3.05, 3.63) is 206 Å². The van der Waals surface area contributed by atoms with Gasteiger partial charge in [-0.2, -0.15) is 0 Å². The Hall–Kier alpha value is -6.76. The van der Waals surface area contributed by atoms with Crippen LogP contribution in [0.15, 0.2) is 206 Å². The normalized spacial score (nSPS) is 11.9. The van der Waals surface area contributed by atoms with E-state index in [9.17, 15) is 0 Å². The second-order valence-corrected chi connectivity index (χ2v) is 17.4. The van der Waals surface area contributed by atoms with Crippen molar-refractivity contribution < 1.29 is 0 Å². The monoisotopic (exact) mass is 786 g/mol. The molecule has 0 N–H and O–H groups in total. The first-order valence-electron chi connectivity index (χ1n) is 19.7. The SMILES string of the molecule is c1ccc(-c2c3ccccc3c(-c3ccc4c(c3)[se]c3ccc(-c5c6ccccc6c(-c6ccc7ccccc7c6)c6ccccc56)cc34)c3ccccc23)cc1. The molecule has 0 radical (unpaired) electrons. The van der Waals surface area contributed by atoms with E-state index in [4.69, 9.17) is 0 Å². The van der Waals surface area contributed by atoms with Crippen LogP contribution in [0.2, 0.25) is 0 Å². The molecule has 0 aliphatic heterocycles. The zero-order chi connectivity index (χ0) is 37.5. The summed E-state index contributed by atoms with van der Waals surface area (Å²) in [5.74, 6) is 0. The Kier molecular flexibility index (Phi) is 7.35. The molecule has 0 saturated carbocycles. The van der Waals surface area contributed by atoms with Crippen LogP contribution < -0.4 is 0 Å². The van der Waals surface area contributed by atoms with Crippen LogP contribution in [-0.4, -0.2) is 14.5 Å². The van der Waals surface area contributed by atoms with Gasteiger partial charge >= 0.3 is 320 Å². The van der Waals surface area contributed by atoms with Crippen molar-refractivity contribution in [3.8, 4) is 44.5 Å². The molecule has 0 amide bonds. The number of hydrogen-bond acceptors (Lipinski definition) is 0. The van der Waals surface area contributed by atoms with Crippen LogP contribution in [0.5, 0.6) is 0 Å². The molecule has 0 atom stereocenters. The molecule has 1 heterocycles. The minimum absolute atomic E-state index is 0.207. The second kappa shape index (κ2) is 12.9. The van der Waals surface area contributed by atoms with Gasteiger partial charge in [0, 0.05) is 0 Å². The van der Waals surface area contributed by atoms with Gasteiger partial charge in [-0.15, -0.1) is 0 Å². The molecular formula is C56H34Se. The topological polar surface area (TPSA) is 0 Å². The molecule has 0 bridgehead atoms. The predicted octanol–water partition coefficient (Wildman–Crippen LogP) is 15.5. The molecule has 0 fully saturated rings. The molecule has 0 unspecified atom stereocenters. The summed E-state index contributed by atoms with van der Waals surface area (Å²) in [5, 5.41) is 15.6. The van der Waals surface area contributed by atoms with E-state index < -0.39 is 0 Å². The van der Waals surface area contributed by atoms with Crippen molar-refractivity contribution in [1.29, 1.82) is 0 Å². The molecule has 57 heavy (non-hydrogen) atoms. The molecule has 0 nitrogen and oxygen atoms in total. The van der Waals surface area contributed by atoms with Gasteiger partial charge in [0.25, 0.3) is 0 Å². The number of fused-ring (bicyclic) bond motifs is 8. The summed E-state index contributed by atoms with van der Waals surface area (Å²) >= 11 is 0.207. The van der Waals surface area contributed by atoms with Crippen molar-refractivity contribution in [1.82, 2.24) is 0 Å². The number of hydrogen-bond donors (Lipinski definition) is 0. The average Bonchev–Trinajstić information content (AvgIpc) is 3.64. The summed E-state index contributed by atoms with van der Waals surface area (Å²) in [5.41, 5.74) is 10.3. The summed E-state index contributed by atoms with van der Waals surface area (Å²) < 4.78 is 2.91. The van der Waals surface area contributed by atoms with E-state index in [-0.39, 0.29) is 14.5 Å². The summed E-state index contributed by atoms with van der Waals surface area (Å²) in [6.45, 7) is 0. The Bertz CT molecular complexity index is 3460. The fraction of sp³-hybridized carbons (Fsp3) is 0. The van der Waals surface area contributed by atoms with E-state index in [1.54, 1.807) is 0 Å². The molecule has 0 aliphatic carbocycles. The van der Waals surface area contributed by atoms with Crippen LogP contribution >= 0.6 is 0 Å². The molecule has 0 spiro atoms. The van der Waals surface area contributed by atoms with E-state index in [0.29, 0.717) is 0 Å². The van der Waals surface area contributed by atoms with Crippen molar-refractivity contribution in [2.24, 2.45) is 0 Å². The van der Waals surface area contributed by atoms with Gasteiger partial charge in [-0.25, -0.2) is 0 Å². The molecule has 0 aliphatic rings. The van der Waals surface area contributed by atoms with Gasteiger partial charge in [-0.3, -0.25) is 0 Å². The van der Waals surface area contributed by atoms with Crippen LogP contribution in [0.1, 0.15) is 0 Å². The molecular weight excluding hydrogens is 752 g/mol. The van der Waals surface area contributed by atoms with Crippen LogP contribution in [0, 0.1) is 0 Å². The van der Waals surface area contributed by atoms with Gasteiger partial charge < -0.3 is 0 Å². The number of rotatable bonds is 4. The molecule has 12 rings (SSSR count). The van der Waals surface area contributed by atoms with E-state index in [0.717, 1.165) is 0 Å². The standard InChI is InChI=1S/C56H34Se/c1-2-15-36(16-3-1)53-42-18-6-8-20-44(42)56(45-21-9-7-19-43(45)53)40-28-30-41-50-33-39(29-31-51(50)57-52(41)34-40)55-48-24-12-10-22-46(48)54(47-23-11-13-25-49(47)55)38-27-26-35-14-4-5-17-37(35)32-38/h1-34H. The molecule has 11 aromatic carbocycles. The molecule has 0 saturated heterocycles. The summed E-state index contributed by atoms with van der Waals surface area (Å²) in [6.07, 6.45) is 0. The molecule has 1 heteroatoms. The van der Waals surface area contributed by atoms with Gasteiger partial charge in [-0.1, -0.05) is 18.2 Å². The van der Waals surface area contributed by atoms with E-state index >= 15 is 0 Å². The van der Waals surface area contributed by atoms with Gasteiger partial charge in [0.2, 0.25) is 0 Å². The zero-order valence-corrected chi connectivity index (χ0v) is 32.8. The fourth-order valence-corrected chi connectivity index (χ4v) is 11.9. The predicted molar refractivity (Wildman–Crippen MR) is 248 cm³/mol. The summed E-state index contributed by atoms with van der Waals surface area (Å²) in [4.78, 5) is 0. The van der Waals surface area contributed by atoms with Crippen LogP contribution in [-0.2, 0) is 0 Å². The van der Waals surface area contributed by atoms with E-state index in [1.807, 2.05) is 0 Å². The zero-order valence-electron chi connectivity index (χ0n) is 31.0. The first-order valence-corrected chi connectivity index (χ1v) is 21.4. The molecule has 1 aromatic heterocycles. The third-order valence-electron chi connectivity index (χ3n) is 12.0. The Balaban J connectivity index is 1.06. The summed E-state index contributed by atoms with van der Waals surface area (Å²) in [6, 6.07) is 76.9. The Morgan fingerprint density at radius 3 is 1.16 bits per heavy atom. The molecule has 264 valence electrons. The first-order chi connectivity index (χ1) is 28.3. The van der Waals surface area contributed by atoms with Crippen molar-refractivity contribution in [2.75, 3.05) is 0 Å². The first kappa shape index (κ1) is 32.5. The van der Waals surface area contributed by atoms with Crippen molar-refractivity contribution >= 4 is 87.7 Å². The number of benzene rings is 11. The van der Waals surface area contributed by atoms with Gasteiger partial charge in [0.15, 0.2) is 0 Å². The molecule has 12 aromatic rings. The third-order valence-corrected chi connectivity index (χ3v) is 14.4. The maximum absolute atomic E-state index is 2.49. The Morgan fingerprint density at radius 1 is 0.211 bits per heavy atom.